The molecule has 19 heavy (non-hydrogen) atoms. The Bertz CT molecular complexity index is 452. The Morgan fingerprint density at radius 3 is 2.79 bits per heavy atom. The molecule has 0 spiro atoms. The van der Waals surface area contributed by atoms with Crippen LogP contribution in [0, 0.1) is 0 Å². The lowest BCUT2D eigenvalue weighted by Gasteiger charge is -2.34. The summed E-state index contributed by atoms with van der Waals surface area (Å²) in [6.07, 6.45) is 9.22. The van der Waals surface area contributed by atoms with E-state index in [1.54, 1.807) is 17.0 Å². The van der Waals surface area contributed by atoms with Crippen LogP contribution in [0.25, 0.3) is 0 Å². The maximum absolute atomic E-state index is 12.3. The highest BCUT2D eigenvalue weighted by atomic mass is 16.3. The highest BCUT2D eigenvalue weighted by Crippen LogP contribution is 2.24. The van der Waals surface area contributed by atoms with Gasteiger partial charge in [0.1, 0.15) is 0 Å². The summed E-state index contributed by atoms with van der Waals surface area (Å²) in [4.78, 5) is 18.6. The molecule has 0 atom stereocenters. The van der Waals surface area contributed by atoms with Crippen LogP contribution in [0.15, 0.2) is 17.2 Å². The second kappa shape index (κ2) is 6.70. The molecule has 1 N–H and O–H groups in total. The van der Waals surface area contributed by atoms with Gasteiger partial charge in [-0.1, -0.05) is 19.3 Å². The van der Waals surface area contributed by atoms with E-state index in [2.05, 4.69) is 4.98 Å². The lowest BCUT2D eigenvalue weighted by atomic mass is 9.94. The molecule has 1 aliphatic rings. The number of hydrogen-bond donors (Lipinski definition) is 1. The van der Waals surface area contributed by atoms with Gasteiger partial charge in [-0.15, -0.1) is 0 Å². The van der Waals surface area contributed by atoms with E-state index in [0.717, 1.165) is 12.8 Å². The van der Waals surface area contributed by atoms with Crippen LogP contribution < -0.4 is 10.5 Å². The van der Waals surface area contributed by atoms with Crippen molar-refractivity contribution in [2.24, 2.45) is 0 Å². The molecule has 1 fully saturated rings. The van der Waals surface area contributed by atoms with Gasteiger partial charge in [-0.05, 0) is 19.8 Å². The fourth-order valence-corrected chi connectivity index (χ4v) is 2.84. The highest BCUT2D eigenvalue weighted by Gasteiger charge is 2.24. The fourth-order valence-electron chi connectivity index (χ4n) is 2.84. The summed E-state index contributed by atoms with van der Waals surface area (Å²) in [7, 11) is 0. The monoisotopic (exact) mass is 265 g/mol. The standard InChI is InChI=1S/C14H23N3O2/c1-2-16-9-8-15-13(14(16)19)17(10-11-18)12-6-4-3-5-7-12/h8-9,12,18H,2-7,10-11H2,1H3. The van der Waals surface area contributed by atoms with E-state index in [-0.39, 0.29) is 12.2 Å². The largest absolute Gasteiger partial charge is 0.395 e. The smallest absolute Gasteiger partial charge is 0.293 e. The number of anilines is 1. The molecule has 0 radical (unpaired) electrons. The van der Waals surface area contributed by atoms with Crippen molar-refractivity contribution in [3.8, 4) is 0 Å². The molecule has 0 aromatic carbocycles. The molecule has 0 unspecified atom stereocenters. The number of aliphatic hydroxyl groups is 1. The van der Waals surface area contributed by atoms with Gasteiger partial charge in [0, 0.05) is 31.5 Å². The third-order valence-electron chi connectivity index (χ3n) is 3.86. The molecule has 1 saturated carbocycles. The van der Waals surface area contributed by atoms with Crippen molar-refractivity contribution >= 4 is 5.82 Å². The van der Waals surface area contributed by atoms with E-state index < -0.39 is 0 Å². The van der Waals surface area contributed by atoms with E-state index in [9.17, 15) is 9.90 Å². The molecular formula is C14H23N3O2. The Morgan fingerprint density at radius 2 is 2.16 bits per heavy atom. The van der Waals surface area contributed by atoms with E-state index in [1.807, 2.05) is 11.8 Å². The number of rotatable bonds is 5. The van der Waals surface area contributed by atoms with E-state index >= 15 is 0 Å². The highest BCUT2D eigenvalue weighted by molar-refractivity contribution is 5.37. The van der Waals surface area contributed by atoms with E-state index in [0.29, 0.717) is 24.9 Å². The fraction of sp³-hybridized carbons (Fsp3) is 0.714. The van der Waals surface area contributed by atoms with Gasteiger partial charge in [-0.25, -0.2) is 4.98 Å². The zero-order valence-corrected chi connectivity index (χ0v) is 11.6. The van der Waals surface area contributed by atoms with Crippen LogP contribution in [0.2, 0.25) is 0 Å². The Hall–Kier alpha value is -1.36. The molecule has 0 bridgehead atoms. The molecule has 1 aromatic heterocycles. The predicted molar refractivity (Wildman–Crippen MR) is 75.5 cm³/mol. The van der Waals surface area contributed by atoms with Crippen molar-refractivity contribution in [1.29, 1.82) is 0 Å². The van der Waals surface area contributed by atoms with Gasteiger partial charge in [0.05, 0.1) is 6.61 Å². The van der Waals surface area contributed by atoms with Crippen molar-refractivity contribution in [3.05, 3.63) is 22.7 Å². The van der Waals surface area contributed by atoms with Crippen LogP contribution in [0.5, 0.6) is 0 Å². The SMILES string of the molecule is CCn1ccnc(N(CCO)C2CCCCC2)c1=O. The first-order valence-electron chi connectivity index (χ1n) is 7.21. The van der Waals surface area contributed by atoms with Gasteiger partial charge in [-0.2, -0.15) is 0 Å². The van der Waals surface area contributed by atoms with Crippen LogP contribution in [0.3, 0.4) is 0 Å². The second-order valence-corrected chi connectivity index (χ2v) is 5.05. The number of aryl methyl sites for hydroxylation is 1. The maximum Gasteiger partial charge on any atom is 0.293 e. The third-order valence-corrected chi connectivity index (χ3v) is 3.86. The quantitative estimate of drug-likeness (QED) is 0.874. The molecule has 0 aliphatic heterocycles. The normalized spacial score (nSPS) is 16.5. The van der Waals surface area contributed by atoms with Gasteiger partial charge in [0.15, 0.2) is 5.82 Å². The van der Waals surface area contributed by atoms with E-state index in [1.165, 1.54) is 19.3 Å². The average Bonchev–Trinajstić information content (AvgIpc) is 2.46. The zero-order chi connectivity index (χ0) is 13.7. The van der Waals surface area contributed by atoms with Gasteiger partial charge >= 0.3 is 0 Å². The van der Waals surface area contributed by atoms with Crippen molar-refractivity contribution in [3.63, 3.8) is 0 Å². The number of aliphatic hydroxyl groups excluding tert-OH is 1. The molecule has 0 saturated heterocycles. The van der Waals surface area contributed by atoms with Gasteiger partial charge < -0.3 is 14.6 Å². The lowest BCUT2D eigenvalue weighted by molar-refractivity contribution is 0.289. The average molecular weight is 265 g/mol. The first kappa shape index (κ1) is 14.1. The Balaban J connectivity index is 2.30. The summed E-state index contributed by atoms with van der Waals surface area (Å²) in [5, 5.41) is 9.27. The summed E-state index contributed by atoms with van der Waals surface area (Å²) < 4.78 is 1.66. The molecular weight excluding hydrogens is 242 g/mol. The first-order valence-corrected chi connectivity index (χ1v) is 7.21. The summed E-state index contributed by atoms with van der Waals surface area (Å²) >= 11 is 0. The zero-order valence-electron chi connectivity index (χ0n) is 11.6. The molecule has 5 nitrogen and oxygen atoms in total. The Morgan fingerprint density at radius 1 is 1.42 bits per heavy atom. The van der Waals surface area contributed by atoms with Crippen molar-refractivity contribution in [2.45, 2.75) is 51.6 Å². The molecule has 5 heteroatoms. The van der Waals surface area contributed by atoms with E-state index in [4.69, 9.17) is 0 Å². The van der Waals surface area contributed by atoms with Crippen LogP contribution >= 0.6 is 0 Å². The van der Waals surface area contributed by atoms with Crippen LogP contribution in [-0.4, -0.2) is 33.9 Å². The molecule has 1 heterocycles. The molecule has 1 aromatic rings. The minimum Gasteiger partial charge on any atom is -0.395 e. The Labute approximate surface area is 113 Å². The first-order chi connectivity index (χ1) is 9.27. The second-order valence-electron chi connectivity index (χ2n) is 5.05. The third kappa shape index (κ3) is 3.15. The lowest BCUT2D eigenvalue weighted by Crippen LogP contribution is -2.43. The minimum atomic E-state index is -0.0518. The summed E-state index contributed by atoms with van der Waals surface area (Å²) in [5.41, 5.74) is -0.0518. The number of hydrogen-bond acceptors (Lipinski definition) is 4. The van der Waals surface area contributed by atoms with Gasteiger partial charge in [-0.3, -0.25) is 4.79 Å². The van der Waals surface area contributed by atoms with Crippen LogP contribution in [0.1, 0.15) is 39.0 Å². The molecule has 1 aliphatic carbocycles. The predicted octanol–water partition coefficient (Wildman–Crippen LogP) is 1.39. The van der Waals surface area contributed by atoms with Gasteiger partial charge in [0.2, 0.25) is 0 Å². The molecule has 2 rings (SSSR count). The maximum atomic E-state index is 12.3. The molecule has 0 amide bonds. The summed E-state index contributed by atoms with van der Waals surface area (Å²) in [6, 6.07) is 0.341. The molecule has 106 valence electrons. The number of nitrogens with zero attached hydrogens (tertiary/aromatic N) is 3. The summed E-state index contributed by atoms with van der Waals surface area (Å²) in [6.45, 7) is 3.13. The minimum absolute atomic E-state index is 0.0518. The van der Waals surface area contributed by atoms with Crippen LogP contribution in [-0.2, 0) is 6.54 Å². The Kier molecular flexibility index (Phi) is 4.96. The van der Waals surface area contributed by atoms with Crippen LogP contribution in [0.4, 0.5) is 5.82 Å². The van der Waals surface area contributed by atoms with Crippen molar-refractivity contribution in [2.75, 3.05) is 18.1 Å². The topological polar surface area (TPSA) is 58.4 Å². The van der Waals surface area contributed by atoms with Crippen molar-refractivity contribution in [1.82, 2.24) is 9.55 Å². The van der Waals surface area contributed by atoms with Gasteiger partial charge in [0.25, 0.3) is 5.56 Å². The summed E-state index contributed by atoms with van der Waals surface area (Å²) in [5.74, 6) is 0.491. The number of aromatic nitrogens is 2. The van der Waals surface area contributed by atoms with Crippen molar-refractivity contribution < 1.29 is 5.11 Å².